The van der Waals surface area contributed by atoms with Gasteiger partial charge in [0.25, 0.3) is 0 Å². The highest BCUT2D eigenvalue weighted by Gasteiger charge is 2.16. The summed E-state index contributed by atoms with van der Waals surface area (Å²) in [6.45, 7) is 4.19. The van der Waals surface area contributed by atoms with Gasteiger partial charge in [-0.15, -0.1) is 0 Å². The van der Waals surface area contributed by atoms with Crippen molar-refractivity contribution in [3.63, 3.8) is 0 Å². The molecule has 1 aromatic heterocycles. The van der Waals surface area contributed by atoms with Gasteiger partial charge >= 0.3 is 0 Å². The number of methoxy groups -OCH3 is 1. The number of anilines is 1. The van der Waals surface area contributed by atoms with Gasteiger partial charge in [0.05, 0.1) is 17.7 Å². The molecule has 0 atom stereocenters. The standard InChI is InChI=1S/C13H15ClN2O2/c1-7(2)8-4-9(11-6-12(15)16-18-11)13(17-3)10(14)5-8/h4-7H,1-3H3,(H2,15,16). The molecule has 18 heavy (non-hydrogen) atoms. The molecular formula is C13H15ClN2O2. The third-order valence-electron chi connectivity index (χ3n) is 2.73. The van der Waals surface area contributed by atoms with Crippen molar-refractivity contribution in [3.8, 4) is 17.1 Å². The summed E-state index contributed by atoms with van der Waals surface area (Å²) in [6, 6.07) is 5.53. The van der Waals surface area contributed by atoms with Gasteiger partial charge in [-0.3, -0.25) is 0 Å². The molecule has 0 aliphatic heterocycles. The fourth-order valence-electron chi connectivity index (χ4n) is 1.75. The maximum absolute atomic E-state index is 6.22. The monoisotopic (exact) mass is 266 g/mol. The molecule has 0 radical (unpaired) electrons. The van der Waals surface area contributed by atoms with Crippen LogP contribution in [-0.4, -0.2) is 12.3 Å². The van der Waals surface area contributed by atoms with E-state index in [2.05, 4.69) is 19.0 Å². The average molecular weight is 267 g/mol. The zero-order valence-corrected chi connectivity index (χ0v) is 11.3. The number of hydrogen-bond acceptors (Lipinski definition) is 4. The lowest BCUT2D eigenvalue weighted by Gasteiger charge is -2.12. The summed E-state index contributed by atoms with van der Waals surface area (Å²) < 4.78 is 10.5. The highest BCUT2D eigenvalue weighted by Crippen LogP contribution is 2.39. The van der Waals surface area contributed by atoms with E-state index in [1.165, 1.54) is 0 Å². The second kappa shape index (κ2) is 4.90. The lowest BCUT2D eigenvalue weighted by Crippen LogP contribution is -1.94. The number of hydrogen-bond donors (Lipinski definition) is 1. The third-order valence-corrected chi connectivity index (χ3v) is 3.01. The largest absolute Gasteiger partial charge is 0.494 e. The zero-order valence-electron chi connectivity index (χ0n) is 10.5. The van der Waals surface area contributed by atoms with Crippen LogP contribution < -0.4 is 10.5 Å². The maximum atomic E-state index is 6.22. The van der Waals surface area contributed by atoms with Crippen molar-refractivity contribution in [1.82, 2.24) is 5.16 Å². The molecule has 4 nitrogen and oxygen atoms in total. The first-order valence-electron chi connectivity index (χ1n) is 5.63. The first-order chi connectivity index (χ1) is 8.52. The summed E-state index contributed by atoms with van der Waals surface area (Å²) in [7, 11) is 1.57. The van der Waals surface area contributed by atoms with Crippen LogP contribution in [0.25, 0.3) is 11.3 Å². The van der Waals surface area contributed by atoms with Gasteiger partial charge in [0.2, 0.25) is 0 Å². The number of nitrogen functional groups attached to an aromatic ring is 1. The highest BCUT2D eigenvalue weighted by molar-refractivity contribution is 6.32. The van der Waals surface area contributed by atoms with E-state index in [4.69, 9.17) is 26.6 Å². The predicted molar refractivity (Wildman–Crippen MR) is 72.0 cm³/mol. The van der Waals surface area contributed by atoms with Gasteiger partial charge in [-0.25, -0.2) is 0 Å². The minimum Gasteiger partial charge on any atom is -0.494 e. The van der Waals surface area contributed by atoms with E-state index < -0.39 is 0 Å². The Hall–Kier alpha value is -1.68. The van der Waals surface area contributed by atoms with E-state index in [9.17, 15) is 0 Å². The number of ether oxygens (including phenoxy) is 1. The topological polar surface area (TPSA) is 61.3 Å². The minimum absolute atomic E-state index is 0.332. The van der Waals surface area contributed by atoms with Crippen molar-refractivity contribution in [3.05, 3.63) is 28.8 Å². The molecule has 0 spiro atoms. The normalized spacial score (nSPS) is 10.9. The first-order valence-corrected chi connectivity index (χ1v) is 6.00. The van der Waals surface area contributed by atoms with Gasteiger partial charge in [-0.2, -0.15) is 0 Å². The van der Waals surface area contributed by atoms with Crippen LogP contribution in [0.3, 0.4) is 0 Å². The average Bonchev–Trinajstić information content (AvgIpc) is 2.74. The smallest absolute Gasteiger partial charge is 0.172 e. The number of rotatable bonds is 3. The summed E-state index contributed by atoms with van der Waals surface area (Å²) in [6.07, 6.45) is 0. The van der Waals surface area contributed by atoms with Crippen LogP contribution in [0.15, 0.2) is 22.7 Å². The Morgan fingerprint density at radius 3 is 2.56 bits per heavy atom. The maximum Gasteiger partial charge on any atom is 0.172 e. The summed E-state index contributed by atoms with van der Waals surface area (Å²) in [5.74, 6) is 1.80. The molecule has 0 aliphatic rings. The molecular weight excluding hydrogens is 252 g/mol. The number of nitrogens with two attached hydrogens (primary N) is 1. The van der Waals surface area contributed by atoms with Gasteiger partial charge in [0, 0.05) is 6.07 Å². The van der Waals surface area contributed by atoms with Crippen molar-refractivity contribution in [2.75, 3.05) is 12.8 Å². The van der Waals surface area contributed by atoms with E-state index in [1.54, 1.807) is 13.2 Å². The molecule has 96 valence electrons. The van der Waals surface area contributed by atoms with Crippen molar-refractivity contribution in [2.24, 2.45) is 0 Å². The molecule has 0 amide bonds. The van der Waals surface area contributed by atoms with E-state index in [0.717, 1.165) is 11.1 Å². The molecule has 0 saturated heterocycles. The van der Waals surface area contributed by atoms with E-state index in [-0.39, 0.29) is 0 Å². The van der Waals surface area contributed by atoms with Crippen LogP contribution in [0.2, 0.25) is 5.02 Å². The van der Waals surface area contributed by atoms with Gasteiger partial charge in [-0.05, 0) is 23.6 Å². The molecule has 1 heterocycles. The second-order valence-corrected chi connectivity index (χ2v) is 4.76. The Labute approximate surface area is 111 Å². The van der Waals surface area contributed by atoms with Crippen LogP contribution in [0.1, 0.15) is 25.3 Å². The molecule has 0 saturated carbocycles. The van der Waals surface area contributed by atoms with Gasteiger partial charge < -0.3 is 15.0 Å². The molecule has 1 aromatic carbocycles. The Morgan fingerprint density at radius 2 is 2.06 bits per heavy atom. The first kappa shape index (κ1) is 12.8. The van der Waals surface area contributed by atoms with E-state index in [1.807, 2.05) is 12.1 Å². The quantitative estimate of drug-likeness (QED) is 0.920. The van der Waals surface area contributed by atoms with Crippen LogP contribution in [0.4, 0.5) is 5.82 Å². The molecule has 0 aliphatic carbocycles. The summed E-state index contributed by atoms with van der Waals surface area (Å²) in [4.78, 5) is 0. The van der Waals surface area contributed by atoms with Gasteiger partial charge in [0.1, 0.15) is 5.75 Å². The van der Waals surface area contributed by atoms with Crippen LogP contribution >= 0.6 is 11.6 Å². The Bertz CT molecular complexity index is 564. The molecule has 0 fully saturated rings. The minimum atomic E-state index is 0.332. The third kappa shape index (κ3) is 2.29. The SMILES string of the molecule is COc1c(Cl)cc(C(C)C)cc1-c1cc(N)no1. The van der Waals surface area contributed by atoms with Crippen molar-refractivity contribution < 1.29 is 9.26 Å². The highest BCUT2D eigenvalue weighted by atomic mass is 35.5. The lowest BCUT2D eigenvalue weighted by molar-refractivity contribution is 0.407. The number of benzene rings is 1. The molecule has 2 rings (SSSR count). The molecule has 0 unspecified atom stereocenters. The van der Waals surface area contributed by atoms with Gasteiger partial charge in [0.15, 0.2) is 11.6 Å². The molecule has 5 heteroatoms. The molecule has 2 aromatic rings. The van der Waals surface area contributed by atoms with E-state index in [0.29, 0.717) is 28.3 Å². The Kier molecular flexibility index (Phi) is 3.48. The number of aromatic nitrogens is 1. The van der Waals surface area contributed by atoms with Crippen molar-refractivity contribution >= 4 is 17.4 Å². The summed E-state index contributed by atoms with van der Waals surface area (Å²) in [5.41, 5.74) is 7.43. The second-order valence-electron chi connectivity index (χ2n) is 4.35. The fourth-order valence-corrected chi connectivity index (χ4v) is 2.06. The van der Waals surface area contributed by atoms with Gasteiger partial charge in [-0.1, -0.05) is 30.6 Å². The Balaban J connectivity index is 2.63. The Morgan fingerprint density at radius 1 is 1.33 bits per heavy atom. The summed E-state index contributed by atoms with van der Waals surface area (Å²) >= 11 is 6.22. The van der Waals surface area contributed by atoms with Crippen LogP contribution in [-0.2, 0) is 0 Å². The van der Waals surface area contributed by atoms with Crippen LogP contribution in [0, 0.1) is 0 Å². The van der Waals surface area contributed by atoms with Crippen molar-refractivity contribution in [1.29, 1.82) is 0 Å². The fraction of sp³-hybridized carbons (Fsp3) is 0.308. The van der Waals surface area contributed by atoms with E-state index >= 15 is 0 Å². The summed E-state index contributed by atoms with van der Waals surface area (Å²) in [5, 5.41) is 4.23. The number of halogens is 1. The molecule has 2 N–H and O–H groups in total. The zero-order chi connectivity index (χ0) is 13.3. The molecule has 0 bridgehead atoms. The van der Waals surface area contributed by atoms with Crippen LogP contribution in [0.5, 0.6) is 5.75 Å². The lowest BCUT2D eigenvalue weighted by atomic mass is 9.99. The number of nitrogens with zero attached hydrogens (tertiary/aromatic N) is 1. The predicted octanol–water partition coefficient (Wildman–Crippen LogP) is 3.71. The van der Waals surface area contributed by atoms with Crippen molar-refractivity contribution in [2.45, 2.75) is 19.8 Å².